The lowest BCUT2D eigenvalue weighted by Gasteiger charge is -2.17. The topological polar surface area (TPSA) is 84.9 Å². The molecule has 1 aliphatic rings. The molecule has 0 bridgehead atoms. The van der Waals surface area contributed by atoms with E-state index in [4.69, 9.17) is 0 Å². The minimum atomic E-state index is -3.82. The summed E-state index contributed by atoms with van der Waals surface area (Å²) in [7, 11) is -2.56. The summed E-state index contributed by atoms with van der Waals surface area (Å²) in [5.74, 6) is -1.02. The van der Waals surface area contributed by atoms with Crippen molar-refractivity contribution in [3.8, 4) is 11.5 Å². The number of amides is 1. The van der Waals surface area contributed by atoms with Gasteiger partial charge in [0.25, 0.3) is 0 Å². The Morgan fingerprint density at radius 2 is 1.77 bits per heavy atom. The Kier molecular flexibility index (Phi) is 4.55. The smallest absolute Gasteiger partial charge is 0.395 e. The zero-order valence-corrected chi connectivity index (χ0v) is 14.3. The molecule has 0 fully saturated rings. The van der Waals surface area contributed by atoms with Gasteiger partial charge in [-0.3, -0.25) is 4.79 Å². The fourth-order valence-corrected chi connectivity index (χ4v) is 3.44. The van der Waals surface area contributed by atoms with E-state index in [1.54, 1.807) is 18.2 Å². The van der Waals surface area contributed by atoms with Gasteiger partial charge in [-0.25, -0.2) is 8.42 Å². The van der Waals surface area contributed by atoms with Crippen LogP contribution in [0.5, 0.6) is 11.5 Å². The second-order valence-corrected chi connectivity index (χ2v) is 7.50. The van der Waals surface area contributed by atoms with Crippen LogP contribution in [0.4, 0.5) is 14.5 Å². The molecule has 3 rings (SSSR count). The SMILES string of the molecule is CN(CC(=O)Nc1ccc2c(c1)OC(F)(F)O2)S(=O)(=O)c1ccccc1. The van der Waals surface area contributed by atoms with Crippen LogP contribution in [0.3, 0.4) is 0 Å². The molecule has 0 saturated carbocycles. The molecule has 138 valence electrons. The van der Waals surface area contributed by atoms with Gasteiger partial charge in [-0.2, -0.15) is 4.31 Å². The first-order valence-electron chi connectivity index (χ1n) is 7.38. The van der Waals surface area contributed by atoms with Gasteiger partial charge in [0.05, 0.1) is 11.4 Å². The molecule has 1 amide bonds. The van der Waals surface area contributed by atoms with Crippen LogP contribution < -0.4 is 14.8 Å². The number of ether oxygens (including phenoxy) is 2. The van der Waals surface area contributed by atoms with E-state index in [0.717, 1.165) is 4.31 Å². The Balaban J connectivity index is 1.67. The highest BCUT2D eigenvalue weighted by molar-refractivity contribution is 7.89. The summed E-state index contributed by atoms with van der Waals surface area (Å²) in [6.07, 6.45) is -3.76. The summed E-state index contributed by atoms with van der Waals surface area (Å²) in [5, 5.41) is 2.43. The van der Waals surface area contributed by atoms with Gasteiger partial charge in [0.2, 0.25) is 15.9 Å². The van der Waals surface area contributed by atoms with Crippen molar-refractivity contribution in [2.24, 2.45) is 0 Å². The average molecular weight is 384 g/mol. The highest BCUT2D eigenvalue weighted by Crippen LogP contribution is 2.42. The van der Waals surface area contributed by atoms with E-state index in [2.05, 4.69) is 14.8 Å². The lowest BCUT2D eigenvalue weighted by atomic mass is 10.3. The summed E-state index contributed by atoms with van der Waals surface area (Å²) in [6.45, 7) is -0.457. The fourth-order valence-electron chi connectivity index (χ4n) is 2.29. The lowest BCUT2D eigenvalue weighted by Crippen LogP contribution is -2.34. The van der Waals surface area contributed by atoms with Crippen molar-refractivity contribution >= 4 is 21.6 Å². The highest BCUT2D eigenvalue weighted by Gasteiger charge is 2.43. The first kappa shape index (κ1) is 18.1. The number of halogens is 2. The number of rotatable bonds is 5. The van der Waals surface area contributed by atoms with E-state index in [1.165, 1.54) is 37.4 Å². The van der Waals surface area contributed by atoms with Crippen molar-refractivity contribution in [2.75, 3.05) is 18.9 Å². The molecule has 0 radical (unpaired) electrons. The Labute approximate surface area is 148 Å². The minimum absolute atomic E-state index is 0.0561. The number of benzene rings is 2. The van der Waals surface area contributed by atoms with Gasteiger partial charge in [0.15, 0.2) is 11.5 Å². The average Bonchev–Trinajstić information content (AvgIpc) is 2.88. The number of alkyl halides is 2. The Hall–Kier alpha value is -2.72. The van der Waals surface area contributed by atoms with Gasteiger partial charge < -0.3 is 14.8 Å². The van der Waals surface area contributed by atoms with Crippen molar-refractivity contribution in [3.63, 3.8) is 0 Å². The van der Waals surface area contributed by atoms with Crippen LogP contribution in [0.1, 0.15) is 0 Å². The van der Waals surface area contributed by atoms with Gasteiger partial charge >= 0.3 is 6.29 Å². The number of fused-ring (bicyclic) bond motifs is 1. The molecule has 0 atom stereocenters. The van der Waals surface area contributed by atoms with Crippen molar-refractivity contribution in [2.45, 2.75) is 11.2 Å². The van der Waals surface area contributed by atoms with Gasteiger partial charge in [-0.1, -0.05) is 18.2 Å². The third kappa shape index (κ3) is 3.75. The number of carbonyl (C=O) groups is 1. The Morgan fingerprint density at radius 1 is 1.12 bits per heavy atom. The fraction of sp³-hybridized carbons (Fsp3) is 0.188. The maximum atomic E-state index is 13.0. The molecule has 7 nitrogen and oxygen atoms in total. The number of hydrogen-bond acceptors (Lipinski definition) is 5. The van der Waals surface area contributed by atoms with E-state index in [-0.39, 0.29) is 22.1 Å². The maximum absolute atomic E-state index is 13.0. The van der Waals surface area contributed by atoms with Crippen molar-refractivity contribution in [3.05, 3.63) is 48.5 Å². The molecule has 2 aromatic rings. The minimum Gasteiger partial charge on any atom is -0.395 e. The summed E-state index contributed by atoms with van der Waals surface area (Å²) in [5.41, 5.74) is 0.167. The van der Waals surface area contributed by atoms with E-state index >= 15 is 0 Å². The molecule has 2 aromatic carbocycles. The molecule has 26 heavy (non-hydrogen) atoms. The normalized spacial score (nSPS) is 15.1. The van der Waals surface area contributed by atoms with Crippen LogP contribution in [0.25, 0.3) is 0 Å². The molecule has 0 aromatic heterocycles. The maximum Gasteiger partial charge on any atom is 0.586 e. The van der Waals surface area contributed by atoms with Gasteiger partial charge in [-0.15, -0.1) is 8.78 Å². The Bertz CT molecular complexity index is 935. The molecular formula is C16H14F2N2O5S. The highest BCUT2D eigenvalue weighted by atomic mass is 32.2. The summed E-state index contributed by atoms with van der Waals surface area (Å²) in [6, 6.07) is 11.4. The molecule has 1 N–H and O–H groups in total. The standard InChI is InChI=1S/C16H14F2N2O5S/c1-20(26(22,23)12-5-3-2-4-6-12)10-15(21)19-11-7-8-13-14(9-11)25-16(17,18)24-13/h2-9H,10H2,1H3,(H,19,21). The summed E-state index contributed by atoms with van der Waals surface area (Å²) < 4.78 is 60.2. The van der Waals surface area contributed by atoms with Crippen LogP contribution in [0.2, 0.25) is 0 Å². The lowest BCUT2D eigenvalue weighted by molar-refractivity contribution is -0.286. The van der Waals surface area contributed by atoms with Crippen molar-refractivity contribution in [1.29, 1.82) is 0 Å². The monoisotopic (exact) mass is 384 g/mol. The first-order chi connectivity index (χ1) is 12.2. The quantitative estimate of drug-likeness (QED) is 0.855. The first-order valence-corrected chi connectivity index (χ1v) is 8.82. The second kappa shape index (κ2) is 6.54. The molecule has 1 heterocycles. The molecule has 0 saturated heterocycles. The van der Waals surface area contributed by atoms with E-state index in [9.17, 15) is 22.0 Å². The van der Waals surface area contributed by atoms with Crippen LogP contribution in [0.15, 0.2) is 53.4 Å². The second-order valence-electron chi connectivity index (χ2n) is 5.45. The molecule has 10 heteroatoms. The van der Waals surface area contributed by atoms with E-state index in [0.29, 0.717) is 0 Å². The largest absolute Gasteiger partial charge is 0.586 e. The number of hydrogen-bond donors (Lipinski definition) is 1. The Morgan fingerprint density at radius 3 is 2.46 bits per heavy atom. The molecule has 0 unspecified atom stereocenters. The van der Waals surface area contributed by atoms with Crippen molar-refractivity contribution < 1.29 is 31.5 Å². The van der Waals surface area contributed by atoms with E-state index < -0.39 is 28.8 Å². The van der Waals surface area contributed by atoms with Crippen LogP contribution >= 0.6 is 0 Å². The predicted molar refractivity (Wildman–Crippen MR) is 87.5 cm³/mol. The number of sulfonamides is 1. The zero-order valence-electron chi connectivity index (χ0n) is 13.5. The van der Waals surface area contributed by atoms with Gasteiger partial charge in [0, 0.05) is 18.8 Å². The number of carbonyl (C=O) groups excluding carboxylic acids is 1. The molecule has 0 spiro atoms. The van der Waals surface area contributed by atoms with Crippen molar-refractivity contribution in [1.82, 2.24) is 4.31 Å². The number of likely N-dealkylation sites (N-methyl/N-ethyl adjacent to an activating group) is 1. The molecule has 0 aliphatic carbocycles. The zero-order chi connectivity index (χ0) is 18.9. The number of nitrogens with one attached hydrogen (secondary N) is 1. The third-order valence-corrected chi connectivity index (χ3v) is 5.32. The molecular weight excluding hydrogens is 370 g/mol. The van der Waals surface area contributed by atoms with Crippen LogP contribution in [0, 0.1) is 0 Å². The van der Waals surface area contributed by atoms with Crippen LogP contribution in [-0.4, -0.2) is 38.5 Å². The predicted octanol–water partition coefficient (Wildman–Crippen LogP) is 2.27. The molecule has 1 aliphatic heterocycles. The third-order valence-electron chi connectivity index (χ3n) is 3.50. The van der Waals surface area contributed by atoms with Gasteiger partial charge in [0.1, 0.15) is 0 Å². The van der Waals surface area contributed by atoms with E-state index in [1.807, 2.05) is 0 Å². The summed E-state index contributed by atoms with van der Waals surface area (Å²) >= 11 is 0. The number of nitrogens with zero attached hydrogens (tertiary/aromatic N) is 1. The van der Waals surface area contributed by atoms with Gasteiger partial charge in [-0.05, 0) is 24.3 Å². The number of anilines is 1. The summed E-state index contributed by atoms with van der Waals surface area (Å²) in [4.78, 5) is 12.1. The van der Waals surface area contributed by atoms with Crippen LogP contribution in [-0.2, 0) is 14.8 Å².